The van der Waals surface area contributed by atoms with Gasteiger partial charge in [-0.05, 0) is 60.1 Å². The van der Waals surface area contributed by atoms with Crippen LogP contribution in [-0.4, -0.2) is 12.6 Å². The lowest BCUT2D eigenvalue weighted by atomic mass is 10.0. The fraction of sp³-hybridized carbons (Fsp3) is 0.412. The van der Waals surface area contributed by atoms with E-state index in [1.807, 2.05) is 6.07 Å². The van der Waals surface area contributed by atoms with Gasteiger partial charge in [-0.15, -0.1) is 11.3 Å². The molecule has 1 N–H and O–H groups in total. The standard InChI is InChI=1S/C17H22BrNOS/c1-4-19-17(10-16-9-14(18)11-21-16)13-6-5-7-15(8-13)20-12(2)3/h5-9,11-12,17,19H,4,10H2,1-3H3. The third-order valence-electron chi connectivity index (χ3n) is 3.11. The van der Waals surface area contributed by atoms with Gasteiger partial charge in [0.2, 0.25) is 0 Å². The molecule has 0 radical (unpaired) electrons. The topological polar surface area (TPSA) is 21.3 Å². The molecule has 114 valence electrons. The van der Waals surface area contributed by atoms with Crippen molar-refractivity contribution in [2.24, 2.45) is 0 Å². The molecule has 2 rings (SSSR count). The number of hydrogen-bond donors (Lipinski definition) is 1. The minimum Gasteiger partial charge on any atom is -0.491 e. The molecule has 2 aromatic rings. The highest BCUT2D eigenvalue weighted by molar-refractivity contribution is 9.10. The van der Waals surface area contributed by atoms with Crippen LogP contribution in [0.4, 0.5) is 0 Å². The van der Waals surface area contributed by atoms with E-state index in [1.54, 1.807) is 11.3 Å². The summed E-state index contributed by atoms with van der Waals surface area (Å²) in [7, 11) is 0. The molecule has 0 bridgehead atoms. The van der Waals surface area contributed by atoms with Gasteiger partial charge in [0.1, 0.15) is 5.75 Å². The maximum atomic E-state index is 5.80. The van der Waals surface area contributed by atoms with Crippen molar-refractivity contribution in [1.29, 1.82) is 0 Å². The minimum absolute atomic E-state index is 0.200. The van der Waals surface area contributed by atoms with E-state index < -0.39 is 0 Å². The van der Waals surface area contributed by atoms with Gasteiger partial charge < -0.3 is 10.1 Å². The molecule has 0 amide bonds. The molecule has 1 atom stereocenters. The van der Waals surface area contributed by atoms with Crippen molar-refractivity contribution in [3.63, 3.8) is 0 Å². The van der Waals surface area contributed by atoms with Crippen LogP contribution in [-0.2, 0) is 6.42 Å². The zero-order chi connectivity index (χ0) is 15.2. The van der Waals surface area contributed by atoms with Crippen LogP contribution >= 0.6 is 27.3 Å². The first-order valence-electron chi connectivity index (χ1n) is 7.31. The maximum absolute atomic E-state index is 5.80. The Hall–Kier alpha value is -0.840. The number of halogens is 1. The van der Waals surface area contributed by atoms with Crippen LogP contribution < -0.4 is 10.1 Å². The molecule has 0 aliphatic carbocycles. The Morgan fingerprint density at radius 1 is 1.29 bits per heavy atom. The summed E-state index contributed by atoms with van der Waals surface area (Å²) in [6.07, 6.45) is 1.20. The molecule has 1 unspecified atom stereocenters. The lowest BCUT2D eigenvalue weighted by Crippen LogP contribution is -2.22. The van der Waals surface area contributed by atoms with E-state index in [-0.39, 0.29) is 6.10 Å². The van der Waals surface area contributed by atoms with Crippen molar-refractivity contribution in [2.75, 3.05) is 6.54 Å². The molecule has 2 nitrogen and oxygen atoms in total. The highest BCUT2D eigenvalue weighted by Crippen LogP contribution is 2.27. The highest BCUT2D eigenvalue weighted by atomic mass is 79.9. The van der Waals surface area contributed by atoms with Crippen molar-refractivity contribution in [3.05, 3.63) is 50.6 Å². The number of hydrogen-bond acceptors (Lipinski definition) is 3. The highest BCUT2D eigenvalue weighted by Gasteiger charge is 2.13. The molecule has 21 heavy (non-hydrogen) atoms. The molecule has 1 aromatic heterocycles. The number of nitrogens with one attached hydrogen (secondary N) is 1. The first-order chi connectivity index (χ1) is 10.1. The third kappa shape index (κ3) is 5.13. The summed E-state index contributed by atoms with van der Waals surface area (Å²) < 4.78 is 6.97. The van der Waals surface area contributed by atoms with Gasteiger partial charge in [0.05, 0.1) is 6.10 Å². The quantitative estimate of drug-likeness (QED) is 0.726. The van der Waals surface area contributed by atoms with Crippen molar-refractivity contribution in [2.45, 2.75) is 39.3 Å². The Balaban J connectivity index is 2.17. The van der Waals surface area contributed by atoms with Gasteiger partial charge in [0.25, 0.3) is 0 Å². The molecule has 0 saturated carbocycles. The van der Waals surface area contributed by atoms with E-state index in [0.717, 1.165) is 23.2 Å². The molecule has 0 aliphatic rings. The Bertz CT molecular complexity index is 567. The number of benzene rings is 1. The van der Waals surface area contributed by atoms with E-state index in [1.165, 1.54) is 10.4 Å². The van der Waals surface area contributed by atoms with Gasteiger partial charge >= 0.3 is 0 Å². The average molecular weight is 368 g/mol. The van der Waals surface area contributed by atoms with Crippen LogP contribution in [0.25, 0.3) is 0 Å². The summed E-state index contributed by atoms with van der Waals surface area (Å²) in [5.41, 5.74) is 1.28. The van der Waals surface area contributed by atoms with Crippen LogP contribution in [0.1, 0.15) is 37.3 Å². The summed E-state index contributed by atoms with van der Waals surface area (Å²) >= 11 is 5.32. The average Bonchev–Trinajstić information content (AvgIpc) is 2.83. The summed E-state index contributed by atoms with van der Waals surface area (Å²) in [4.78, 5) is 1.38. The third-order valence-corrected chi connectivity index (χ3v) is 4.83. The molecular weight excluding hydrogens is 346 g/mol. The lowest BCUT2D eigenvalue weighted by Gasteiger charge is -2.19. The molecule has 0 fully saturated rings. The Morgan fingerprint density at radius 3 is 2.71 bits per heavy atom. The van der Waals surface area contributed by atoms with E-state index in [0.29, 0.717) is 6.04 Å². The van der Waals surface area contributed by atoms with Crippen LogP contribution in [0.2, 0.25) is 0 Å². The van der Waals surface area contributed by atoms with Gasteiger partial charge in [0, 0.05) is 27.2 Å². The second-order valence-electron chi connectivity index (χ2n) is 5.28. The molecule has 0 saturated heterocycles. The van der Waals surface area contributed by atoms with E-state index in [2.05, 4.69) is 71.7 Å². The van der Waals surface area contributed by atoms with E-state index >= 15 is 0 Å². The number of ether oxygens (including phenoxy) is 1. The van der Waals surface area contributed by atoms with Gasteiger partial charge in [0.15, 0.2) is 0 Å². The first kappa shape index (κ1) is 16.5. The number of rotatable bonds is 7. The molecule has 0 aliphatic heterocycles. The smallest absolute Gasteiger partial charge is 0.120 e. The SMILES string of the molecule is CCNC(Cc1cc(Br)cs1)c1cccc(OC(C)C)c1. The second kappa shape index (κ2) is 7.97. The lowest BCUT2D eigenvalue weighted by molar-refractivity contribution is 0.242. The Morgan fingerprint density at radius 2 is 2.10 bits per heavy atom. The summed E-state index contributed by atoms with van der Waals surface area (Å²) in [5, 5.41) is 5.71. The second-order valence-corrected chi connectivity index (χ2v) is 7.20. The van der Waals surface area contributed by atoms with Gasteiger partial charge in [-0.1, -0.05) is 19.1 Å². The molecular formula is C17H22BrNOS. The normalized spacial score (nSPS) is 12.6. The van der Waals surface area contributed by atoms with Crippen molar-refractivity contribution in [1.82, 2.24) is 5.32 Å². The zero-order valence-electron chi connectivity index (χ0n) is 12.7. The molecule has 1 heterocycles. The van der Waals surface area contributed by atoms with Gasteiger partial charge in [-0.2, -0.15) is 0 Å². The molecule has 0 spiro atoms. The number of thiophene rings is 1. The molecule has 4 heteroatoms. The maximum Gasteiger partial charge on any atom is 0.120 e. The fourth-order valence-corrected chi connectivity index (χ4v) is 3.79. The zero-order valence-corrected chi connectivity index (χ0v) is 15.1. The van der Waals surface area contributed by atoms with Crippen molar-refractivity contribution in [3.8, 4) is 5.75 Å². The van der Waals surface area contributed by atoms with Crippen LogP contribution in [0.15, 0.2) is 40.2 Å². The van der Waals surface area contributed by atoms with Crippen LogP contribution in [0.5, 0.6) is 5.75 Å². The Labute approximate surface area is 139 Å². The Kier molecular flexibility index (Phi) is 6.27. The largest absolute Gasteiger partial charge is 0.491 e. The summed E-state index contributed by atoms with van der Waals surface area (Å²) in [6, 6.07) is 10.9. The van der Waals surface area contributed by atoms with Crippen molar-refractivity contribution < 1.29 is 4.74 Å². The minimum atomic E-state index is 0.200. The van der Waals surface area contributed by atoms with Crippen LogP contribution in [0, 0.1) is 0 Å². The first-order valence-corrected chi connectivity index (χ1v) is 8.98. The van der Waals surface area contributed by atoms with E-state index in [4.69, 9.17) is 4.74 Å². The predicted molar refractivity (Wildman–Crippen MR) is 94.3 cm³/mol. The summed E-state index contributed by atoms with van der Waals surface area (Å²) in [6.45, 7) is 7.20. The van der Waals surface area contributed by atoms with Crippen molar-refractivity contribution >= 4 is 27.3 Å². The fourth-order valence-electron chi connectivity index (χ4n) is 2.29. The van der Waals surface area contributed by atoms with Gasteiger partial charge in [-0.25, -0.2) is 0 Å². The van der Waals surface area contributed by atoms with E-state index in [9.17, 15) is 0 Å². The van der Waals surface area contributed by atoms with Crippen LogP contribution in [0.3, 0.4) is 0 Å². The predicted octanol–water partition coefficient (Wildman–Crippen LogP) is 5.19. The monoisotopic (exact) mass is 367 g/mol. The molecule has 1 aromatic carbocycles. The van der Waals surface area contributed by atoms with Gasteiger partial charge in [-0.3, -0.25) is 0 Å². The number of likely N-dealkylation sites (N-methyl/N-ethyl adjacent to an activating group) is 1. The summed E-state index contributed by atoms with van der Waals surface area (Å²) in [5.74, 6) is 0.942.